The molecule has 4 N–H and O–H groups in total. The summed E-state index contributed by atoms with van der Waals surface area (Å²) < 4.78 is 27.3. The first-order valence-electron chi connectivity index (χ1n) is 15.0. The quantitative estimate of drug-likeness (QED) is 0.154. The molecule has 3 aromatic heterocycles. The zero-order valence-corrected chi connectivity index (χ0v) is 26.3. The Bertz CT molecular complexity index is 1890. The van der Waals surface area contributed by atoms with Gasteiger partial charge in [0.15, 0.2) is 23.9 Å². The number of hydrogen-bond acceptors (Lipinski definition) is 14. The van der Waals surface area contributed by atoms with E-state index in [1.54, 1.807) is 38.1 Å². The Morgan fingerprint density at radius 3 is 2.60 bits per heavy atom. The van der Waals surface area contributed by atoms with Crippen LogP contribution in [0.25, 0.3) is 5.52 Å². The molecule has 0 aliphatic heterocycles. The van der Waals surface area contributed by atoms with Crippen LogP contribution >= 0.6 is 0 Å². The lowest BCUT2D eigenvalue weighted by molar-refractivity contribution is -0.162. The number of esters is 2. The highest BCUT2D eigenvalue weighted by Crippen LogP contribution is 2.46. The molecular formula is C32H34N6O10. The standard InChI is InChI=1S/C32H34N6O10/c1-17(2)25(34)29(41)48-26-20(13-44-24(39)11-19-7-5-4-6-8-19)12-32(15-33,27(26)40)23-10-9-21-28(35-16-36-38(21)23)37-30(42)45-14-22-18(3)46-31(43)47-22/h4-10,16-17,20,25-27,40H,11-14,34H2,1-3H3,(H,35,36,37,42)/t20-,25+,26-,27-,32-/m1/s1. The minimum Gasteiger partial charge on any atom is -0.465 e. The number of aryl methyl sites for hydroxylation is 1. The number of rotatable bonds is 11. The van der Waals surface area contributed by atoms with Gasteiger partial charge in [0, 0.05) is 5.92 Å². The predicted octanol–water partition coefficient (Wildman–Crippen LogP) is 2.16. The van der Waals surface area contributed by atoms with Crippen molar-refractivity contribution in [3.63, 3.8) is 0 Å². The molecule has 3 heterocycles. The molecular weight excluding hydrogens is 628 g/mol. The average molecular weight is 663 g/mol. The molecule has 1 saturated carbocycles. The summed E-state index contributed by atoms with van der Waals surface area (Å²) in [6.45, 7) is 4.31. The highest BCUT2D eigenvalue weighted by Gasteiger charge is 2.58. The lowest BCUT2D eigenvalue weighted by Gasteiger charge is -2.28. The van der Waals surface area contributed by atoms with Crippen LogP contribution in [0.3, 0.4) is 0 Å². The number of aromatic nitrogens is 3. The molecule has 5 rings (SSSR count). The summed E-state index contributed by atoms with van der Waals surface area (Å²) in [5, 5.41) is 29.1. The van der Waals surface area contributed by atoms with E-state index in [1.165, 1.54) is 23.6 Å². The van der Waals surface area contributed by atoms with Gasteiger partial charge in [-0.3, -0.25) is 14.9 Å². The van der Waals surface area contributed by atoms with Crippen molar-refractivity contribution in [2.45, 2.75) is 63.9 Å². The number of fused-ring (bicyclic) bond motifs is 1. The topological polar surface area (TPSA) is 235 Å². The molecule has 48 heavy (non-hydrogen) atoms. The fourth-order valence-electron chi connectivity index (χ4n) is 5.56. The van der Waals surface area contributed by atoms with Gasteiger partial charge in [-0.25, -0.2) is 19.1 Å². The smallest absolute Gasteiger partial charge is 0.465 e. The zero-order chi connectivity index (χ0) is 34.6. The first-order chi connectivity index (χ1) is 22.9. The molecule has 1 aromatic carbocycles. The van der Waals surface area contributed by atoms with Crippen LogP contribution in [0.1, 0.15) is 43.0 Å². The molecule has 16 nitrogen and oxygen atoms in total. The fourth-order valence-corrected chi connectivity index (χ4v) is 5.56. The van der Waals surface area contributed by atoms with Gasteiger partial charge in [0.05, 0.1) is 24.8 Å². The molecule has 1 fully saturated rings. The maximum atomic E-state index is 13.0. The number of nitrogens with two attached hydrogens (primary N) is 1. The molecule has 1 aliphatic rings. The van der Waals surface area contributed by atoms with Crippen LogP contribution in [-0.4, -0.2) is 62.6 Å². The van der Waals surface area contributed by atoms with Crippen LogP contribution in [-0.2, 0) is 42.2 Å². The van der Waals surface area contributed by atoms with Gasteiger partial charge in [-0.15, -0.1) is 0 Å². The Labute approximate surface area is 273 Å². The van der Waals surface area contributed by atoms with Crippen LogP contribution in [0, 0.1) is 30.1 Å². The van der Waals surface area contributed by atoms with Gasteiger partial charge >= 0.3 is 23.9 Å². The number of nitriles is 1. The van der Waals surface area contributed by atoms with E-state index >= 15 is 0 Å². The van der Waals surface area contributed by atoms with Crippen LogP contribution in [0.4, 0.5) is 10.6 Å². The van der Waals surface area contributed by atoms with E-state index in [-0.39, 0.29) is 53.9 Å². The maximum Gasteiger partial charge on any atom is 0.519 e. The Morgan fingerprint density at radius 2 is 1.94 bits per heavy atom. The van der Waals surface area contributed by atoms with E-state index < -0.39 is 60.0 Å². The number of benzene rings is 1. The van der Waals surface area contributed by atoms with Crippen LogP contribution in [0.2, 0.25) is 0 Å². The normalized spacial score (nSPS) is 21.1. The van der Waals surface area contributed by atoms with Crippen molar-refractivity contribution < 1.29 is 42.5 Å². The van der Waals surface area contributed by atoms with E-state index in [2.05, 4.69) is 21.5 Å². The number of carbonyl (C=O) groups excluding carboxylic acids is 3. The molecule has 0 saturated heterocycles. The molecule has 0 bridgehead atoms. The number of aliphatic hydroxyl groups excluding tert-OH is 1. The van der Waals surface area contributed by atoms with Gasteiger partial charge in [-0.1, -0.05) is 44.2 Å². The molecule has 4 aromatic rings. The van der Waals surface area contributed by atoms with Crippen molar-refractivity contribution in [1.82, 2.24) is 14.6 Å². The second kappa shape index (κ2) is 14.1. The first-order valence-corrected chi connectivity index (χ1v) is 15.0. The Hall–Kier alpha value is -5.53. The van der Waals surface area contributed by atoms with E-state index in [0.717, 1.165) is 11.9 Å². The molecule has 1 amide bonds. The van der Waals surface area contributed by atoms with Crippen LogP contribution in [0.15, 0.2) is 62.4 Å². The van der Waals surface area contributed by atoms with Gasteiger partial charge in [0.25, 0.3) is 0 Å². The highest BCUT2D eigenvalue weighted by molar-refractivity contribution is 5.88. The summed E-state index contributed by atoms with van der Waals surface area (Å²) in [6.07, 6.45) is -2.77. The minimum atomic E-state index is -1.71. The summed E-state index contributed by atoms with van der Waals surface area (Å²) >= 11 is 0. The van der Waals surface area contributed by atoms with E-state index in [0.29, 0.717) is 0 Å². The number of amides is 1. The average Bonchev–Trinajstić information content (AvgIpc) is 3.72. The third kappa shape index (κ3) is 6.92. The fraction of sp³-hybridized carbons (Fsp3) is 0.406. The second-order valence-electron chi connectivity index (χ2n) is 11.8. The number of nitrogens with one attached hydrogen (secondary N) is 1. The Balaban J connectivity index is 1.39. The number of nitrogens with zero attached hydrogens (tertiary/aromatic N) is 4. The monoisotopic (exact) mass is 662 g/mol. The van der Waals surface area contributed by atoms with Gasteiger partial charge in [0.1, 0.15) is 35.5 Å². The van der Waals surface area contributed by atoms with Crippen molar-refractivity contribution in [2.24, 2.45) is 17.6 Å². The molecule has 0 spiro atoms. The third-order valence-corrected chi connectivity index (χ3v) is 8.26. The summed E-state index contributed by atoms with van der Waals surface area (Å²) in [4.78, 5) is 53.6. The van der Waals surface area contributed by atoms with Crippen molar-refractivity contribution in [1.29, 1.82) is 5.26 Å². The summed E-state index contributed by atoms with van der Waals surface area (Å²) in [5.74, 6) is -3.13. The van der Waals surface area contributed by atoms with Gasteiger partial charge in [0.2, 0.25) is 0 Å². The number of hydrogen-bond donors (Lipinski definition) is 3. The Kier molecular flexibility index (Phi) is 9.92. The number of anilines is 1. The maximum absolute atomic E-state index is 13.0. The van der Waals surface area contributed by atoms with E-state index in [4.69, 9.17) is 28.8 Å². The van der Waals surface area contributed by atoms with Gasteiger partial charge in [-0.05, 0) is 37.0 Å². The van der Waals surface area contributed by atoms with E-state index in [9.17, 15) is 29.5 Å². The number of carbonyl (C=O) groups is 3. The lowest BCUT2D eigenvalue weighted by Crippen LogP contribution is -2.46. The molecule has 16 heteroatoms. The Morgan fingerprint density at radius 1 is 1.19 bits per heavy atom. The predicted molar refractivity (Wildman–Crippen MR) is 164 cm³/mol. The summed E-state index contributed by atoms with van der Waals surface area (Å²) in [6, 6.07) is 13.2. The third-order valence-electron chi connectivity index (χ3n) is 8.26. The molecule has 0 radical (unpaired) electrons. The largest absolute Gasteiger partial charge is 0.519 e. The number of aliphatic hydroxyl groups is 1. The van der Waals surface area contributed by atoms with E-state index in [1.807, 2.05) is 6.07 Å². The van der Waals surface area contributed by atoms with Gasteiger partial charge in [-0.2, -0.15) is 10.4 Å². The lowest BCUT2D eigenvalue weighted by atomic mass is 9.81. The van der Waals surface area contributed by atoms with Crippen LogP contribution < -0.4 is 16.9 Å². The van der Waals surface area contributed by atoms with Crippen molar-refractivity contribution >= 4 is 29.4 Å². The summed E-state index contributed by atoms with van der Waals surface area (Å²) in [5.41, 5.74) is 5.50. The highest BCUT2D eigenvalue weighted by atomic mass is 16.6. The SMILES string of the molecule is Cc1oc(=O)oc1COC(=O)Nc1ncnn2c([C@]3(C#N)C[C@H](COC(=O)Cc4ccccc4)[C@@H](OC(=O)[C@@H](N)C(C)C)[C@H]3O)ccc12. The molecule has 252 valence electrons. The number of ether oxygens (including phenoxy) is 3. The van der Waals surface area contributed by atoms with Crippen molar-refractivity contribution in [3.05, 3.63) is 82.2 Å². The molecule has 5 atom stereocenters. The molecule has 0 unspecified atom stereocenters. The van der Waals surface area contributed by atoms with Crippen molar-refractivity contribution in [2.75, 3.05) is 11.9 Å². The van der Waals surface area contributed by atoms with Crippen molar-refractivity contribution in [3.8, 4) is 6.07 Å². The van der Waals surface area contributed by atoms with Crippen LogP contribution in [0.5, 0.6) is 0 Å². The summed E-state index contributed by atoms with van der Waals surface area (Å²) in [7, 11) is 0. The van der Waals surface area contributed by atoms with Gasteiger partial charge < -0.3 is 33.9 Å². The minimum absolute atomic E-state index is 0.00319. The first kappa shape index (κ1) is 33.8. The molecule has 1 aliphatic carbocycles. The zero-order valence-electron chi connectivity index (χ0n) is 26.3. The second-order valence-corrected chi connectivity index (χ2v) is 11.8.